The number of hydrogen-bond donors (Lipinski definition) is 1. The molecule has 0 amide bonds. The van der Waals surface area contributed by atoms with E-state index in [9.17, 15) is 8.78 Å². The van der Waals surface area contributed by atoms with Gasteiger partial charge < -0.3 is 10.2 Å². The van der Waals surface area contributed by atoms with E-state index in [2.05, 4.69) is 10.2 Å². The van der Waals surface area contributed by atoms with Gasteiger partial charge in [-0.05, 0) is 39.8 Å². The molecule has 1 saturated heterocycles. The summed E-state index contributed by atoms with van der Waals surface area (Å²) < 4.78 is 24.6. The van der Waals surface area contributed by atoms with Crippen LogP contribution in [0, 0.1) is 0 Å². The zero-order valence-electron chi connectivity index (χ0n) is 9.68. The Kier molecular flexibility index (Phi) is 5.47. The summed E-state index contributed by atoms with van der Waals surface area (Å²) in [7, 11) is 0. The van der Waals surface area contributed by atoms with Crippen molar-refractivity contribution in [3.05, 3.63) is 0 Å². The zero-order valence-corrected chi connectivity index (χ0v) is 9.68. The normalized spacial score (nSPS) is 23.0. The van der Waals surface area contributed by atoms with E-state index < -0.39 is 12.5 Å². The number of likely N-dealkylation sites (tertiary alicyclic amines) is 1. The molecule has 0 aromatic heterocycles. The minimum absolute atomic E-state index is 0.145. The second kappa shape index (κ2) is 6.38. The summed E-state index contributed by atoms with van der Waals surface area (Å²) >= 11 is 0. The van der Waals surface area contributed by atoms with Crippen LogP contribution in [-0.2, 0) is 0 Å². The molecule has 1 aliphatic heterocycles. The van der Waals surface area contributed by atoms with Gasteiger partial charge in [-0.1, -0.05) is 6.42 Å². The van der Waals surface area contributed by atoms with Gasteiger partial charge in [0.1, 0.15) is 0 Å². The van der Waals surface area contributed by atoms with Crippen molar-refractivity contribution in [3.8, 4) is 0 Å². The molecule has 90 valence electrons. The Bertz CT molecular complexity index is 170. The highest BCUT2D eigenvalue weighted by Crippen LogP contribution is 2.09. The minimum atomic E-state index is -2.27. The maximum atomic E-state index is 12.3. The topological polar surface area (TPSA) is 15.3 Å². The van der Waals surface area contributed by atoms with Crippen molar-refractivity contribution >= 4 is 0 Å². The van der Waals surface area contributed by atoms with E-state index in [-0.39, 0.29) is 6.04 Å². The highest BCUT2D eigenvalue weighted by Gasteiger charge is 2.18. The molecule has 2 unspecified atom stereocenters. The molecule has 2 nitrogen and oxygen atoms in total. The van der Waals surface area contributed by atoms with E-state index in [1.807, 2.05) is 6.92 Å². The van der Waals surface area contributed by atoms with Gasteiger partial charge in [0, 0.05) is 12.6 Å². The van der Waals surface area contributed by atoms with E-state index in [0.29, 0.717) is 0 Å². The van der Waals surface area contributed by atoms with Gasteiger partial charge in [-0.2, -0.15) is 0 Å². The molecule has 15 heavy (non-hydrogen) atoms. The van der Waals surface area contributed by atoms with E-state index in [0.717, 1.165) is 19.6 Å². The van der Waals surface area contributed by atoms with Gasteiger partial charge in [0.15, 0.2) is 0 Å². The number of halogens is 2. The molecule has 0 bridgehead atoms. The van der Waals surface area contributed by atoms with Crippen molar-refractivity contribution in [1.82, 2.24) is 10.2 Å². The molecule has 0 aromatic rings. The lowest BCUT2D eigenvalue weighted by molar-refractivity contribution is 0.0954. The van der Waals surface area contributed by atoms with Crippen LogP contribution in [0.15, 0.2) is 0 Å². The lowest BCUT2D eigenvalue weighted by Crippen LogP contribution is -2.46. The van der Waals surface area contributed by atoms with Crippen molar-refractivity contribution in [2.45, 2.75) is 51.6 Å². The van der Waals surface area contributed by atoms with Gasteiger partial charge in [0.2, 0.25) is 0 Å². The fourth-order valence-corrected chi connectivity index (χ4v) is 2.10. The molecule has 4 heteroatoms. The van der Waals surface area contributed by atoms with Gasteiger partial charge in [-0.15, -0.1) is 0 Å². The fraction of sp³-hybridized carbons (Fsp3) is 1.00. The Hall–Kier alpha value is -0.220. The maximum absolute atomic E-state index is 12.3. The summed E-state index contributed by atoms with van der Waals surface area (Å²) in [4.78, 5) is 2.36. The second-order valence-electron chi connectivity index (χ2n) is 4.55. The van der Waals surface area contributed by atoms with Gasteiger partial charge >= 0.3 is 0 Å². The quantitative estimate of drug-likeness (QED) is 0.763. The molecular weight excluding hydrogens is 198 g/mol. The third-order valence-corrected chi connectivity index (χ3v) is 2.91. The van der Waals surface area contributed by atoms with Crippen LogP contribution in [0.5, 0.6) is 0 Å². The van der Waals surface area contributed by atoms with Crippen LogP contribution in [-0.4, -0.2) is 43.0 Å². The fourth-order valence-electron chi connectivity index (χ4n) is 2.10. The predicted octanol–water partition coefficient (Wildman–Crippen LogP) is 2.10. The van der Waals surface area contributed by atoms with E-state index in [4.69, 9.17) is 0 Å². The average molecular weight is 220 g/mol. The minimum Gasteiger partial charge on any atom is -0.305 e. The van der Waals surface area contributed by atoms with Crippen LogP contribution < -0.4 is 5.32 Å². The lowest BCUT2D eigenvalue weighted by Gasteiger charge is -2.30. The molecule has 1 fully saturated rings. The van der Waals surface area contributed by atoms with Crippen molar-refractivity contribution in [2.75, 3.05) is 19.6 Å². The molecule has 0 aromatic carbocycles. The summed E-state index contributed by atoms with van der Waals surface area (Å²) in [5, 5.41) is 2.93. The van der Waals surface area contributed by atoms with E-state index >= 15 is 0 Å². The molecule has 1 aliphatic rings. The van der Waals surface area contributed by atoms with Crippen molar-refractivity contribution in [3.63, 3.8) is 0 Å². The Morgan fingerprint density at radius 1 is 1.13 bits per heavy atom. The first kappa shape index (κ1) is 12.8. The molecule has 1 heterocycles. The summed E-state index contributed by atoms with van der Waals surface area (Å²) in [6.07, 6.45) is 1.54. The summed E-state index contributed by atoms with van der Waals surface area (Å²) in [6.45, 7) is 6.64. The Balaban J connectivity index is 2.19. The highest BCUT2D eigenvalue weighted by molar-refractivity contribution is 4.74. The monoisotopic (exact) mass is 220 g/mol. The van der Waals surface area contributed by atoms with Gasteiger partial charge in [-0.25, -0.2) is 8.78 Å². The maximum Gasteiger partial charge on any atom is 0.253 e. The first-order valence-electron chi connectivity index (χ1n) is 5.86. The van der Waals surface area contributed by atoms with Crippen LogP contribution in [0.1, 0.15) is 33.1 Å². The zero-order chi connectivity index (χ0) is 11.3. The van der Waals surface area contributed by atoms with Crippen molar-refractivity contribution < 1.29 is 8.78 Å². The van der Waals surface area contributed by atoms with E-state index in [1.54, 1.807) is 0 Å². The molecule has 1 rings (SSSR count). The molecule has 2 atom stereocenters. The van der Waals surface area contributed by atoms with Gasteiger partial charge in [0.05, 0.1) is 6.04 Å². The number of hydrogen-bond acceptors (Lipinski definition) is 2. The van der Waals surface area contributed by atoms with Gasteiger partial charge in [0.25, 0.3) is 6.43 Å². The van der Waals surface area contributed by atoms with Crippen LogP contribution in [0.2, 0.25) is 0 Å². The number of nitrogens with zero attached hydrogens (tertiary/aromatic N) is 1. The SMILES string of the molecule is CC(CN1CCCCC1)NC(C)C(F)F. The first-order chi connectivity index (χ1) is 7.09. The Morgan fingerprint density at radius 3 is 2.27 bits per heavy atom. The van der Waals surface area contributed by atoms with Crippen LogP contribution in [0.25, 0.3) is 0 Å². The van der Waals surface area contributed by atoms with Crippen LogP contribution in [0.3, 0.4) is 0 Å². The molecular formula is C11H22F2N2. The average Bonchev–Trinajstić information content (AvgIpc) is 2.18. The van der Waals surface area contributed by atoms with Crippen molar-refractivity contribution in [2.24, 2.45) is 0 Å². The van der Waals surface area contributed by atoms with Crippen LogP contribution >= 0.6 is 0 Å². The largest absolute Gasteiger partial charge is 0.305 e. The Labute approximate surface area is 91.0 Å². The molecule has 0 radical (unpaired) electrons. The number of piperidine rings is 1. The molecule has 0 saturated carbocycles. The number of rotatable bonds is 5. The third kappa shape index (κ3) is 4.89. The summed E-state index contributed by atoms with van der Waals surface area (Å²) in [5.74, 6) is 0. The number of nitrogens with one attached hydrogen (secondary N) is 1. The smallest absolute Gasteiger partial charge is 0.253 e. The molecule has 0 aliphatic carbocycles. The highest BCUT2D eigenvalue weighted by atomic mass is 19.3. The summed E-state index contributed by atoms with van der Waals surface area (Å²) in [5.41, 5.74) is 0. The van der Waals surface area contributed by atoms with Crippen molar-refractivity contribution in [1.29, 1.82) is 0 Å². The first-order valence-corrected chi connectivity index (χ1v) is 5.86. The number of alkyl halides is 2. The standard InChI is InChI=1S/C11H22F2N2/c1-9(14-10(2)11(12)13)8-15-6-4-3-5-7-15/h9-11,14H,3-8H2,1-2H3. The predicted molar refractivity (Wildman–Crippen MR) is 58.4 cm³/mol. The van der Waals surface area contributed by atoms with E-state index in [1.165, 1.54) is 26.2 Å². The lowest BCUT2D eigenvalue weighted by atomic mass is 10.1. The molecule has 1 N–H and O–H groups in total. The van der Waals surface area contributed by atoms with Gasteiger partial charge in [-0.3, -0.25) is 0 Å². The van der Waals surface area contributed by atoms with Crippen LogP contribution in [0.4, 0.5) is 8.78 Å². The molecule has 0 spiro atoms. The Morgan fingerprint density at radius 2 is 1.73 bits per heavy atom. The second-order valence-corrected chi connectivity index (χ2v) is 4.55. The summed E-state index contributed by atoms with van der Waals surface area (Å²) in [6, 6.07) is -0.558. The third-order valence-electron chi connectivity index (χ3n) is 2.91.